The lowest BCUT2D eigenvalue weighted by Gasteiger charge is -2.22. The van der Waals surface area contributed by atoms with Gasteiger partial charge in [0.1, 0.15) is 0 Å². The van der Waals surface area contributed by atoms with Crippen molar-refractivity contribution in [1.82, 2.24) is 5.32 Å². The molecule has 0 spiro atoms. The minimum absolute atomic E-state index is 0.182. The molecule has 2 aliphatic heterocycles. The van der Waals surface area contributed by atoms with Crippen molar-refractivity contribution in [2.45, 2.75) is 26.1 Å². The highest BCUT2D eigenvalue weighted by Gasteiger charge is 2.42. The minimum Gasteiger partial charge on any atom is -0.352 e. The number of nitrogens with one attached hydrogen (secondary N) is 1. The summed E-state index contributed by atoms with van der Waals surface area (Å²) in [5.74, 6) is -2.34. The maximum atomic E-state index is 12.4. The molecule has 26 heavy (non-hydrogen) atoms. The standard InChI is InChI=1S/C17H22N2O6S/c1-12-11-26(22,23)19(16(12)21)14-5-3-4-13(10-14)15(20)18-7-6-17(2)24-8-9-25-17/h3-5,10,12H,6-9,11H2,1-2H3,(H,18,20). The average molecular weight is 382 g/mol. The molecular formula is C17H22N2O6S. The van der Waals surface area contributed by atoms with E-state index in [4.69, 9.17) is 9.47 Å². The van der Waals surface area contributed by atoms with Crippen LogP contribution >= 0.6 is 0 Å². The van der Waals surface area contributed by atoms with Crippen molar-refractivity contribution in [3.8, 4) is 0 Å². The molecule has 1 unspecified atom stereocenters. The zero-order chi connectivity index (χ0) is 18.9. The smallest absolute Gasteiger partial charge is 0.251 e. The lowest BCUT2D eigenvalue weighted by molar-refractivity contribution is -0.145. The Morgan fingerprint density at radius 2 is 2.04 bits per heavy atom. The van der Waals surface area contributed by atoms with E-state index in [1.54, 1.807) is 19.1 Å². The van der Waals surface area contributed by atoms with E-state index in [1.165, 1.54) is 12.1 Å². The van der Waals surface area contributed by atoms with Crippen LogP contribution in [-0.4, -0.2) is 51.5 Å². The van der Waals surface area contributed by atoms with Gasteiger partial charge in [-0.3, -0.25) is 9.59 Å². The van der Waals surface area contributed by atoms with Crippen molar-refractivity contribution < 1.29 is 27.5 Å². The summed E-state index contributed by atoms with van der Waals surface area (Å²) in [6.45, 7) is 4.80. The van der Waals surface area contributed by atoms with Crippen LogP contribution in [0.3, 0.4) is 0 Å². The van der Waals surface area contributed by atoms with Gasteiger partial charge in [-0.25, -0.2) is 12.7 Å². The summed E-state index contributed by atoms with van der Waals surface area (Å²) < 4.78 is 36.1. The summed E-state index contributed by atoms with van der Waals surface area (Å²) >= 11 is 0. The molecule has 1 N–H and O–H groups in total. The Bertz CT molecular complexity index is 816. The lowest BCUT2D eigenvalue weighted by atomic mass is 10.1. The van der Waals surface area contributed by atoms with Gasteiger partial charge in [-0.2, -0.15) is 0 Å². The van der Waals surface area contributed by atoms with Crippen LogP contribution in [0.5, 0.6) is 0 Å². The first kappa shape index (κ1) is 18.8. The van der Waals surface area contributed by atoms with Gasteiger partial charge in [0.2, 0.25) is 15.9 Å². The third-order valence-electron chi connectivity index (χ3n) is 4.47. The van der Waals surface area contributed by atoms with Crippen LogP contribution in [0.4, 0.5) is 5.69 Å². The van der Waals surface area contributed by atoms with E-state index in [1.807, 2.05) is 6.92 Å². The Balaban J connectivity index is 1.69. The molecule has 0 radical (unpaired) electrons. The molecule has 1 aromatic rings. The van der Waals surface area contributed by atoms with E-state index in [-0.39, 0.29) is 22.9 Å². The molecule has 0 aromatic heterocycles. The molecule has 0 saturated carbocycles. The summed E-state index contributed by atoms with van der Waals surface area (Å²) in [6.07, 6.45) is 0.495. The zero-order valence-corrected chi connectivity index (χ0v) is 15.5. The first-order chi connectivity index (χ1) is 12.2. The van der Waals surface area contributed by atoms with Crippen LogP contribution in [0.1, 0.15) is 30.6 Å². The SMILES string of the molecule is CC1CS(=O)(=O)N(c2cccc(C(=O)NCCC3(C)OCCO3)c2)C1=O. The molecule has 2 aliphatic rings. The number of amides is 2. The normalized spacial score (nSPS) is 24.0. The molecule has 9 heteroatoms. The summed E-state index contributed by atoms with van der Waals surface area (Å²) in [4.78, 5) is 24.5. The summed E-state index contributed by atoms with van der Waals surface area (Å²) in [7, 11) is -3.70. The van der Waals surface area contributed by atoms with Crippen LogP contribution in [0, 0.1) is 5.92 Å². The van der Waals surface area contributed by atoms with E-state index < -0.39 is 27.6 Å². The topological polar surface area (TPSA) is 102 Å². The number of nitrogens with zero attached hydrogens (tertiary/aromatic N) is 1. The van der Waals surface area contributed by atoms with Gasteiger partial charge < -0.3 is 14.8 Å². The molecule has 2 fully saturated rings. The fourth-order valence-electron chi connectivity index (χ4n) is 3.07. The Hall–Kier alpha value is -1.97. The molecule has 2 amide bonds. The molecule has 1 atom stereocenters. The van der Waals surface area contributed by atoms with Crippen LogP contribution in [0.15, 0.2) is 24.3 Å². The second-order valence-electron chi connectivity index (χ2n) is 6.67. The van der Waals surface area contributed by atoms with Crippen LogP contribution in [-0.2, 0) is 24.3 Å². The number of rotatable bonds is 5. The van der Waals surface area contributed by atoms with Crippen molar-refractivity contribution in [2.75, 3.05) is 29.8 Å². The number of benzene rings is 1. The zero-order valence-electron chi connectivity index (χ0n) is 14.7. The van der Waals surface area contributed by atoms with Gasteiger partial charge in [-0.05, 0) is 25.1 Å². The number of anilines is 1. The highest BCUT2D eigenvalue weighted by Crippen LogP contribution is 2.28. The average Bonchev–Trinajstić information content (AvgIpc) is 3.09. The van der Waals surface area contributed by atoms with Crippen LogP contribution in [0.2, 0.25) is 0 Å². The van der Waals surface area contributed by atoms with Crippen LogP contribution in [0.25, 0.3) is 0 Å². The fourth-order valence-corrected chi connectivity index (χ4v) is 4.88. The van der Waals surface area contributed by atoms with Gasteiger partial charge in [0, 0.05) is 18.5 Å². The third-order valence-corrected chi connectivity index (χ3v) is 6.33. The lowest BCUT2D eigenvalue weighted by Crippen LogP contribution is -2.34. The van der Waals surface area contributed by atoms with Gasteiger partial charge >= 0.3 is 0 Å². The summed E-state index contributed by atoms with van der Waals surface area (Å²) in [6, 6.07) is 6.04. The number of sulfonamides is 1. The molecule has 2 heterocycles. The number of hydrogen-bond donors (Lipinski definition) is 1. The Labute approximate surface area is 152 Å². The maximum absolute atomic E-state index is 12.4. The van der Waals surface area contributed by atoms with Crippen LogP contribution < -0.4 is 9.62 Å². The Morgan fingerprint density at radius 1 is 1.35 bits per heavy atom. The van der Waals surface area contributed by atoms with Crippen molar-refractivity contribution in [1.29, 1.82) is 0 Å². The van der Waals surface area contributed by atoms with Crippen molar-refractivity contribution in [3.63, 3.8) is 0 Å². The highest BCUT2D eigenvalue weighted by molar-refractivity contribution is 7.94. The number of hydrogen-bond acceptors (Lipinski definition) is 6. The number of ether oxygens (including phenoxy) is 2. The van der Waals surface area contributed by atoms with Crippen molar-refractivity contribution in [3.05, 3.63) is 29.8 Å². The van der Waals surface area contributed by atoms with Gasteiger partial charge in [0.25, 0.3) is 5.91 Å². The molecule has 142 valence electrons. The monoisotopic (exact) mass is 382 g/mol. The van der Waals surface area contributed by atoms with Gasteiger partial charge in [-0.1, -0.05) is 13.0 Å². The number of carbonyl (C=O) groups is 2. The molecular weight excluding hydrogens is 360 g/mol. The Morgan fingerprint density at radius 3 is 2.65 bits per heavy atom. The quantitative estimate of drug-likeness (QED) is 0.811. The van der Waals surface area contributed by atoms with Crippen molar-refractivity contribution in [2.24, 2.45) is 5.92 Å². The second-order valence-corrected chi connectivity index (χ2v) is 8.53. The molecule has 3 rings (SSSR count). The summed E-state index contributed by atoms with van der Waals surface area (Å²) in [5, 5.41) is 2.76. The molecule has 0 aliphatic carbocycles. The van der Waals surface area contributed by atoms with E-state index in [0.29, 0.717) is 26.2 Å². The van der Waals surface area contributed by atoms with Gasteiger partial charge in [0.05, 0.1) is 30.6 Å². The number of carbonyl (C=O) groups excluding carboxylic acids is 2. The van der Waals surface area contributed by atoms with E-state index >= 15 is 0 Å². The third kappa shape index (κ3) is 3.74. The highest BCUT2D eigenvalue weighted by atomic mass is 32.2. The van der Waals surface area contributed by atoms with Gasteiger partial charge in [-0.15, -0.1) is 0 Å². The molecule has 2 saturated heterocycles. The van der Waals surface area contributed by atoms with Crippen molar-refractivity contribution >= 4 is 27.5 Å². The largest absolute Gasteiger partial charge is 0.352 e. The minimum atomic E-state index is -3.70. The van der Waals surface area contributed by atoms with E-state index in [0.717, 1.165) is 4.31 Å². The van der Waals surface area contributed by atoms with Gasteiger partial charge in [0.15, 0.2) is 5.79 Å². The van der Waals surface area contributed by atoms with E-state index in [2.05, 4.69) is 5.32 Å². The first-order valence-corrected chi connectivity index (χ1v) is 10.1. The predicted octanol–water partition coefficient (Wildman–Crippen LogP) is 0.882. The first-order valence-electron chi connectivity index (χ1n) is 8.45. The maximum Gasteiger partial charge on any atom is 0.251 e. The second kappa shape index (κ2) is 6.98. The predicted molar refractivity (Wildman–Crippen MR) is 94.1 cm³/mol. The molecule has 8 nitrogen and oxygen atoms in total. The fraction of sp³-hybridized carbons (Fsp3) is 0.529. The molecule has 0 bridgehead atoms. The Kier molecular flexibility index (Phi) is 5.05. The van der Waals surface area contributed by atoms with E-state index in [9.17, 15) is 18.0 Å². The molecule has 1 aromatic carbocycles. The summed E-state index contributed by atoms with van der Waals surface area (Å²) in [5.41, 5.74) is 0.463.